The first-order chi connectivity index (χ1) is 8.99. The van der Waals surface area contributed by atoms with E-state index < -0.39 is 0 Å². The van der Waals surface area contributed by atoms with Crippen molar-refractivity contribution in [3.63, 3.8) is 0 Å². The predicted octanol–water partition coefficient (Wildman–Crippen LogP) is 1.56. The highest BCUT2D eigenvalue weighted by Crippen LogP contribution is 2.07. The van der Waals surface area contributed by atoms with Crippen molar-refractivity contribution in [2.45, 2.75) is 46.6 Å². The Morgan fingerprint density at radius 2 is 1.74 bits per heavy atom. The van der Waals surface area contributed by atoms with Crippen LogP contribution < -0.4 is 5.32 Å². The second-order valence-electron chi connectivity index (χ2n) is 6.29. The quantitative estimate of drug-likeness (QED) is 0.713. The second kappa shape index (κ2) is 8.54. The molecule has 1 amide bonds. The largest absolute Gasteiger partial charge is 0.340 e. The van der Waals surface area contributed by atoms with Crippen molar-refractivity contribution in [2.75, 3.05) is 39.3 Å². The molecule has 0 bridgehead atoms. The molecule has 1 saturated heterocycles. The van der Waals surface area contributed by atoms with E-state index in [9.17, 15) is 4.79 Å². The van der Waals surface area contributed by atoms with Crippen LogP contribution in [0.5, 0.6) is 0 Å². The molecule has 1 fully saturated rings. The fraction of sp³-hybridized carbons (Fsp3) is 0.933. The molecular weight excluding hydrogens is 238 g/mol. The number of piperazine rings is 1. The van der Waals surface area contributed by atoms with Gasteiger partial charge in [-0.15, -0.1) is 0 Å². The highest BCUT2D eigenvalue weighted by atomic mass is 16.2. The number of nitrogens with zero attached hydrogens (tertiary/aromatic N) is 2. The lowest BCUT2D eigenvalue weighted by molar-refractivity contribution is -0.133. The van der Waals surface area contributed by atoms with Crippen molar-refractivity contribution in [2.24, 2.45) is 5.92 Å². The number of nitrogens with one attached hydrogen (secondary N) is 1. The molecule has 0 spiro atoms. The van der Waals surface area contributed by atoms with E-state index in [0.29, 0.717) is 24.3 Å². The summed E-state index contributed by atoms with van der Waals surface area (Å²) in [4.78, 5) is 16.6. The lowest BCUT2D eigenvalue weighted by Gasteiger charge is -2.35. The smallest absolute Gasteiger partial charge is 0.222 e. The standard InChI is InChI=1S/C15H31N3O/c1-13(2)12-17-8-10-18(11-9-17)15(19)6-5-7-16-14(3)4/h13-14,16H,5-12H2,1-4H3. The Balaban J connectivity index is 2.14. The van der Waals surface area contributed by atoms with Crippen molar-refractivity contribution in [1.29, 1.82) is 0 Å². The van der Waals surface area contributed by atoms with Gasteiger partial charge in [-0.3, -0.25) is 9.69 Å². The van der Waals surface area contributed by atoms with E-state index >= 15 is 0 Å². The number of hydrogen-bond donors (Lipinski definition) is 1. The highest BCUT2D eigenvalue weighted by molar-refractivity contribution is 5.76. The molecule has 0 radical (unpaired) electrons. The molecule has 19 heavy (non-hydrogen) atoms. The van der Waals surface area contributed by atoms with Gasteiger partial charge in [0, 0.05) is 45.2 Å². The molecule has 0 aromatic rings. The maximum absolute atomic E-state index is 12.1. The maximum Gasteiger partial charge on any atom is 0.222 e. The van der Waals surface area contributed by atoms with E-state index in [1.54, 1.807) is 0 Å². The van der Waals surface area contributed by atoms with Crippen molar-refractivity contribution in [1.82, 2.24) is 15.1 Å². The monoisotopic (exact) mass is 269 g/mol. The van der Waals surface area contributed by atoms with Gasteiger partial charge in [-0.05, 0) is 18.9 Å². The van der Waals surface area contributed by atoms with Gasteiger partial charge in [-0.25, -0.2) is 0 Å². The van der Waals surface area contributed by atoms with Crippen molar-refractivity contribution in [3.8, 4) is 0 Å². The fourth-order valence-corrected chi connectivity index (χ4v) is 2.48. The molecule has 1 rings (SSSR count). The van der Waals surface area contributed by atoms with E-state index in [2.05, 4.69) is 37.9 Å². The molecule has 0 aromatic carbocycles. The first-order valence-electron chi connectivity index (χ1n) is 7.72. The Morgan fingerprint density at radius 1 is 1.11 bits per heavy atom. The Labute approximate surface area is 118 Å². The van der Waals surface area contributed by atoms with Crippen molar-refractivity contribution < 1.29 is 4.79 Å². The Kier molecular flexibility index (Phi) is 7.39. The topological polar surface area (TPSA) is 35.6 Å². The number of rotatable bonds is 7. The van der Waals surface area contributed by atoms with E-state index in [1.807, 2.05) is 4.90 Å². The summed E-state index contributed by atoms with van der Waals surface area (Å²) in [5.74, 6) is 1.04. The summed E-state index contributed by atoms with van der Waals surface area (Å²) in [6, 6.07) is 0.509. The van der Waals surface area contributed by atoms with Crippen molar-refractivity contribution >= 4 is 5.91 Å². The SMILES string of the molecule is CC(C)CN1CCN(C(=O)CCCNC(C)C)CC1. The van der Waals surface area contributed by atoms with Crippen LogP contribution in [0.1, 0.15) is 40.5 Å². The van der Waals surface area contributed by atoms with Crippen LogP contribution in [0.4, 0.5) is 0 Å². The van der Waals surface area contributed by atoms with Gasteiger partial charge in [0.15, 0.2) is 0 Å². The number of amides is 1. The molecule has 0 atom stereocenters. The lowest BCUT2D eigenvalue weighted by atomic mass is 10.2. The summed E-state index contributed by atoms with van der Waals surface area (Å²) in [7, 11) is 0. The molecule has 1 heterocycles. The van der Waals surface area contributed by atoms with Crippen LogP contribution in [0.3, 0.4) is 0 Å². The molecule has 112 valence electrons. The Morgan fingerprint density at radius 3 is 2.26 bits per heavy atom. The lowest BCUT2D eigenvalue weighted by Crippen LogP contribution is -2.49. The summed E-state index contributed by atoms with van der Waals surface area (Å²) in [6.45, 7) is 14.7. The van der Waals surface area contributed by atoms with Crippen LogP contribution >= 0.6 is 0 Å². The Hall–Kier alpha value is -0.610. The third-order valence-electron chi connectivity index (χ3n) is 3.47. The van der Waals surface area contributed by atoms with Gasteiger partial charge >= 0.3 is 0 Å². The summed E-state index contributed by atoms with van der Waals surface area (Å²) >= 11 is 0. The zero-order valence-electron chi connectivity index (χ0n) is 13.1. The van der Waals surface area contributed by atoms with Gasteiger partial charge in [0.2, 0.25) is 5.91 Å². The summed E-state index contributed by atoms with van der Waals surface area (Å²) in [6.07, 6.45) is 1.63. The molecule has 1 N–H and O–H groups in total. The Bertz CT molecular complexity index is 258. The molecule has 0 saturated carbocycles. The minimum atomic E-state index is 0.328. The zero-order chi connectivity index (χ0) is 14.3. The minimum Gasteiger partial charge on any atom is -0.340 e. The summed E-state index contributed by atoms with van der Waals surface area (Å²) < 4.78 is 0. The van der Waals surface area contributed by atoms with Crippen LogP contribution in [0, 0.1) is 5.92 Å². The summed E-state index contributed by atoms with van der Waals surface area (Å²) in [5, 5.41) is 3.35. The van der Waals surface area contributed by atoms with Crippen LogP contribution in [-0.4, -0.2) is 61.0 Å². The van der Waals surface area contributed by atoms with Crippen molar-refractivity contribution in [3.05, 3.63) is 0 Å². The molecule has 1 aliphatic heterocycles. The zero-order valence-corrected chi connectivity index (χ0v) is 13.1. The average Bonchev–Trinajstić information content (AvgIpc) is 2.34. The minimum absolute atomic E-state index is 0.328. The number of hydrogen-bond acceptors (Lipinski definition) is 3. The third-order valence-corrected chi connectivity index (χ3v) is 3.47. The van der Waals surface area contributed by atoms with E-state index in [1.165, 1.54) is 0 Å². The van der Waals surface area contributed by atoms with E-state index in [-0.39, 0.29) is 0 Å². The van der Waals surface area contributed by atoms with Crippen LogP contribution in [0.15, 0.2) is 0 Å². The molecular formula is C15H31N3O. The van der Waals surface area contributed by atoms with Crippen LogP contribution in [0.2, 0.25) is 0 Å². The highest BCUT2D eigenvalue weighted by Gasteiger charge is 2.20. The number of carbonyl (C=O) groups excluding carboxylic acids is 1. The number of carbonyl (C=O) groups is 1. The molecule has 4 nitrogen and oxygen atoms in total. The predicted molar refractivity (Wildman–Crippen MR) is 80.2 cm³/mol. The van der Waals surface area contributed by atoms with Gasteiger partial charge in [-0.2, -0.15) is 0 Å². The average molecular weight is 269 g/mol. The van der Waals surface area contributed by atoms with Gasteiger partial charge in [0.1, 0.15) is 0 Å². The van der Waals surface area contributed by atoms with E-state index in [0.717, 1.165) is 45.7 Å². The molecule has 0 aliphatic carbocycles. The second-order valence-corrected chi connectivity index (χ2v) is 6.29. The van der Waals surface area contributed by atoms with Gasteiger partial charge in [0.05, 0.1) is 0 Å². The first kappa shape index (κ1) is 16.4. The summed E-state index contributed by atoms with van der Waals surface area (Å²) in [5.41, 5.74) is 0. The van der Waals surface area contributed by atoms with E-state index in [4.69, 9.17) is 0 Å². The molecule has 4 heteroatoms. The maximum atomic E-state index is 12.1. The fourth-order valence-electron chi connectivity index (χ4n) is 2.48. The molecule has 0 unspecified atom stereocenters. The van der Waals surface area contributed by atoms with Crippen LogP contribution in [0.25, 0.3) is 0 Å². The first-order valence-corrected chi connectivity index (χ1v) is 7.72. The molecule has 0 aromatic heterocycles. The van der Waals surface area contributed by atoms with Gasteiger partial charge in [0.25, 0.3) is 0 Å². The van der Waals surface area contributed by atoms with Crippen LogP contribution in [-0.2, 0) is 4.79 Å². The normalized spacial score (nSPS) is 17.5. The van der Waals surface area contributed by atoms with Gasteiger partial charge in [-0.1, -0.05) is 27.7 Å². The van der Waals surface area contributed by atoms with Gasteiger partial charge < -0.3 is 10.2 Å². The molecule has 1 aliphatic rings. The third kappa shape index (κ3) is 6.92.